The molecular formula is C37H42N2O7. The molecule has 1 aliphatic heterocycles. The van der Waals surface area contributed by atoms with Crippen LogP contribution >= 0.6 is 0 Å². The number of hydrogen-bond donors (Lipinski definition) is 0. The second-order valence-corrected chi connectivity index (χ2v) is 11.9. The molecule has 2 aliphatic rings. The highest BCUT2D eigenvalue weighted by molar-refractivity contribution is 6.01. The molecule has 0 saturated carbocycles. The van der Waals surface area contributed by atoms with Gasteiger partial charge in [0.15, 0.2) is 0 Å². The van der Waals surface area contributed by atoms with Gasteiger partial charge in [0, 0.05) is 25.3 Å². The van der Waals surface area contributed by atoms with Crippen molar-refractivity contribution in [2.45, 2.75) is 83.7 Å². The Bertz CT molecular complexity index is 1480. The van der Waals surface area contributed by atoms with Crippen molar-refractivity contribution in [2.75, 3.05) is 13.2 Å². The second-order valence-electron chi connectivity index (χ2n) is 11.9. The van der Waals surface area contributed by atoms with Gasteiger partial charge in [-0.05, 0) is 53.3 Å². The number of hydrogen-bond acceptors (Lipinski definition) is 7. The molecule has 3 aromatic rings. The largest absolute Gasteiger partial charge is 0.494 e. The zero-order chi connectivity index (χ0) is 32.5. The minimum Gasteiger partial charge on any atom is -0.494 e. The van der Waals surface area contributed by atoms with Gasteiger partial charge in [-0.25, -0.2) is 9.59 Å². The highest BCUT2D eigenvalue weighted by Gasteiger charge is 2.37. The van der Waals surface area contributed by atoms with E-state index in [0.717, 1.165) is 46.4 Å². The summed E-state index contributed by atoms with van der Waals surface area (Å²) in [5.74, 6) is -1.52. The van der Waals surface area contributed by atoms with E-state index in [0.29, 0.717) is 11.7 Å². The number of benzene rings is 3. The SMILES string of the molecule is CCCCCCCCOc1ccc(CN(C(=O)OCC2c3ccccc3-c3ccccc32)[C@H](C)C(=O)ON2C(=O)CCC2=O)cc1. The molecule has 1 saturated heterocycles. The van der Waals surface area contributed by atoms with Crippen molar-refractivity contribution >= 4 is 23.9 Å². The highest BCUT2D eigenvalue weighted by atomic mass is 16.7. The van der Waals surface area contributed by atoms with Crippen LogP contribution in [0.1, 0.15) is 87.8 Å². The van der Waals surface area contributed by atoms with Crippen LogP contribution in [0.4, 0.5) is 4.79 Å². The first-order chi connectivity index (χ1) is 22.4. The molecule has 0 radical (unpaired) electrons. The zero-order valence-electron chi connectivity index (χ0n) is 26.6. The molecule has 1 aliphatic carbocycles. The molecule has 1 heterocycles. The molecule has 0 spiro atoms. The maximum Gasteiger partial charge on any atom is 0.410 e. The Hall–Kier alpha value is -4.66. The number of imide groups is 1. The zero-order valence-corrected chi connectivity index (χ0v) is 26.6. The van der Waals surface area contributed by atoms with Crippen LogP contribution in [-0.4, -0.2) is 53.1 Å². The van der Waals surface area contributed by atoms with Gasteiger partial charge in [0.05, 0.1) is 6.61 Å². The van der Waals surface area contributed by atoms with Crippen LogP contribution in [0.3, 0.4) is 0 Å². The van der Waals surface area contributed by atoms with Gasteiger partial charge in [-0.3, -0.25) is 14.5 Å². The summed E-state index contributed by atoms with van der Waals surface area (Å²) in [6.07, 6.45) is 6.31. The summed E-state index contributed by atoms with van der Waals surface area (Å²) in [7, 11) is 0. The number of amides is 3. The summed E-state index contributed by atoms with van der Waals surface area (Å²) in [6, 6.07) is 22.3. The molecule has 0 aromatic heterocycles. The van der Waals surface area contributed by atoms with Gasteiger partial charge >= 0.3 is 12.1 Å². The fourth-order valence-electron chi connectivity index (χ4n) is 5.95. The Labute approximate surface area is 270 Å². The first-order valence-electron chi connectivity index (χ1n) is 16.3. The molecule has 9 heteroatoms. The van der Waals surface area contributed by atoms with Crippen molar-refractivity contribution < 1.29 is 33.5 Å². The number of hydroxylamine groups is 2. The average Bonchev–Trinajstić information content (AvgIpc) is 3.57. The van der Waals surface area contributed by atoms with E-state index in [4.69, 9.17) is 14.3 Å². The predicted molar refractivity (Wildman–Crippen MR) is 173 cm³/mol. The average molecular weight is 627 g/mol. The van der Waals surface area contributed by atoms with Crippen LogP contribution in [0.5, 0.6) is 5.75 Å². The number of unbranched alkanes of at least 4 members (excludes halogenated alkanes) is 5. The number of carbonyl (C=O) groups is 4. The third kappa shape index (κ3) is 7.76. The molecule has 0 bridgehead atoms. The molecule has 0 N–H and O–H groups in total. The quantitative estimate of drug-likeness (QED) is 0.130. The summed E-state index contributed by atoms with van der Waals surface area (Å²) in [4.78, 5) is 57.5. The van der Waals surface area contributed by atoms with Crippen molar-refractivity contribution in [2.24, 2.45) is 0 Å². The van der Waals surface area contributed by atoms with E-state index in [1.54, 1.807) is 0 Å². The first-order valence-corrected chi connectivity index (χ1v) is 16.3. The number of ether oxygens (including phenoxy) is 2. The van der Waals surface area contributed by atoms with Gasteiger partial charge < -0.3 is 14.3 Å². The summed E-state index contributed by atoms with van der Waals surface area (Å²) in [6.45, 7) is 4.43. The number of nitrogens with zero attached hydrogens (tertiary/aromatic N) is 2. The molecule has 0 unspecified atom stereocenters. The normalized spacial score (nSPS) is 14.5. The number of rotatable bonds is 15. The summed E-state index contributed by atoms with van der Waals surface area (Å²) < 4.78 is 11.8. The molecule has 242 valence electrons. The molecule has 1 fully saturated rings. The molecule has 9 nitrogen and oxygen atoms in total. The fourth-order valence-corrected chi connectivity index (χ4v) is 5.95. The fraction of sp³-hybridized carbons (Fsp3) is 0.405. The van der Waals surface area contributed by atoms with Crippen LogP contribution in [0.2, 0.25) is 0 Å². The van der Waals surface area contributed by atoms with E-state index >= 15 is 0 Å². The van der Waals surface area contributed by atoms with E-state index in [2.05, 4.69) is 19.1 Å². The molecule has 46 heavy (non-hydrogen) atoms. The summed E-state index contributed by atoms with van der Waals surface area (Å²) in [5, 5.41) is 0.491. The smallest absolute Gasteiger partial charge is 0.410 e. The molecule has 3 amide bonds. The van der Waals surface area contributed by atoms with E-state index in [-0.39, 0.29) is 31.9 Å². The number of fused-ring (bicyclic) bond motifs is 3. The number of carbonyl (C=O) groups excluding carboxylic acids is 4. The van der Waals surface area contributed by atoms with Gasteiger partial charge in [-0.15, -0.1) is 5.06 Å². The Balaban J connectivity index is 1.26. The lowest BCUT2D eigenvalue weighted by Gasteiger charge is -2.28. The third-order valence-electron chi connectivity index (χ3n) is 8.61. The van der Waals surface area contributed by atoms with E-state index < -0.39 is 29.9 Å². The standard InChI is InChI=1S/C37H42N2O7/c1-3-4-5-6-7-12-23-44-28-19-17-27(18-20-28)24-38(26(2)36(42)46-39-34(40)21-22-35(39)41)37(43)45-25-33-31-15-10-8-13-29(31)30-14-9-11-16-32(30)33/h8-11,13-20,26,33H,3-7,12,21-25H2,1-2H3/t26-/m1/s1. The van der Waals surface area contributed by atoms with Crippen LogP contribution < -0.4 is 4.74 Å². The molecular weight excluding hydrogens is 584 g/mol. The van der Waals surface area contributed by atoms with Crippen molar-refractivity contribution in [3.63, 3.8) is 0 Å². The Morgan fingerprint density at radius 3 is 2.04 bits per heavy atom. The van der Waals surface area contributed by atoms with Crippen LogP contribution in [0, 0.1) is 0 Å². The van der Waals surface area contributed by atoms with Gasteiger partial charge in [0.25, 0.3) is 11.8 Å². The van der Waals surface area contributed by atoms with Crippen LogP contribution in [0.25, 0.3) is 11.1 Å². The monoisotopic (exact) mass is 626 g/mol. The van der Waals surface area contributed by atoms with Crippen molar-refractivity contribution in [1.29, 1.82) is 0 Å². The minimum absolute atomic E-state index is 0.0239. The molecule has 3 aromatic carbocycles. The topological polar surface area (TPSA) is 102 Å². The molecule has 5 rings (SSSR count). The van der Waals surface area contributed by atoms with Crippen molar-refractivity contribution in [3.05, 3.63) is 89.5 Å². The van der Waals surface area contributed by atoms with E-state index in [9.17, 15) is 19.2 Å². The third-order valence-corrected chi connectivity index (χ3v) is 8.61. The lowest BCUT2D eigenvalue weighted by molar-refractivity contribution is -0.200. The summed E-state index contributed by atoms with van der Waals surface area (Å²) in [5.41, 5.74) is 5.09. The Kier molecular flexibility index (Phi) is 11.1. The van der Waals surface area contributed by atoms with Crippen LogP contribution in [0.15, 0.2) is 72.8 Å². The van der Waals surface area contributed by atoms with Gasteiger partial charge in [-0.1, -0.05) is 99.7 Å². The Morgan fingerprint density at radius 2 is 1.41 bits per heavy atom. The van der Waals surface area contributed by atoms with E-state index in [1.807, 2.05) is 60.7 Å². The van der Waals surface area contributed by atoms with Crippen molar-refractivity contribution in [1.82, 2.24) is 9.96 Å². The maximum absolute atomic E-state index is 13.7. The molecule has 1 atom stereocenters. The second kappa shape index (κ2) is 15.6. The lowest BCUT2D eigenvalue weighted by Crippen LogP contribution is -2.46. The summed E-state index contributed by atoms with van der Waals surface area (Å²) >= 11 is 0. The maximum atomic E-state index is 13.7. The van der Waals surface area contributed by atoms with Gasteiger partial charge in [0.2, 0.25) is 0 Å². The lowest BCUT2D eigenvalue weighted by atomic mass is 9.98. The van der Waals surface area contributed by atoms with Crippen molar-refractivity contribution in [3.8, 4) is 16.9 Å². The van der Waals surface area contributed by atoms with Crippen LogP contribution in [-0.2, 0) is 30.5 Å². The van der Waals surface area contributed by atoms with E-state index in [1.165, 1.54) is 37.5 Å². The Morgan fingerprint density at radius 1 is 0.826 bits per heavy atom. The highest BCUT2D eigenvalue weighted by Crippen LogP contribution is 2.44. The first kappa shape index (κ1) is 32.7. The minimum atomic E-state index is -1.15. The van der Waals surface area contributed by atoms with Gasteiger partial charge in [0.1, 0.15) is 18.4 Å². The van der Waals surface area contributed by atoms with Gasteiger partial charge in [-0.2, -0.15) is 0 Å². The predicted octanol–water partition coefficient (Wildman–Crippen LogP) is 7.17.